The first-order chi connectivity index (χ1) is 11.4. The van der Waals surface area contributed by atoms with Gasteiger partial charge in [0, 0.05) is 5.56 Å². The minimum atomic E-state index is -0.403. The monoisotopic (exact) mass is 361 g/mol. The van der Waals surface area contributed by atoms with Crippen molar-refractivity contribution in [3.63, 3.8) is 0 Å². The highest BCUT2D eigenvalue weighted by atomic mass is 35.5. The molecule has 3 rings (SSSR count). The lowest BCUT2D eigenvalue weighted by molar-refractivity contribution is -0.140. The Morgan fingerprint density at radius 2 is 1.67 bits per heavy atom. The van der Waals surface area contributed by atoms with E-state index < -0.39 is 5.24 Å². The van der Waals surface area contributed by atoms with Gasteiger partial charge in [0.05, 0.1) is 12.5 Å². The van der Waals surface area contributed by atoms with Gasteiger partial charge in [-0.3, -0.25) is 19.3 Å². The number of imide groups is 1. The Balaban J connectivity index is 0.000000185. The van der Waals surface area contributed by atoms with Crippen LogP contribution in [0.15, 0.2) is 54.6 Å². The van der Waals surface area contributed by atoms with E-state index in [-0.39, 0.29) is 17.6 Å². The number of rotatable bonds is 2. The van der Waals surface area contributed by atoms with Crippen molar-refractivity contribution < 1.29 is 14.4 Å². The highest BCUT2D eigenvalue weighted by molar-refractivity contribution is 7.39. The van der Waals surface area contributed by atoms with Crippen molar-refractivity contribution in [2.24, 2.45) is 0 Å². The first-order valence-electron chi connectivity index (χ1n) is 7.33. The second-order valence-electron chi connectivity index (χ2n) is 5.37. The molecule has 0 bridgehead atoms. The van der Waals surface area contributed by atoms with Crippen molar-refractivity contribution in [3.05, 3.63) is 71.3 Å². The molecule has 1 aliphatic heterocycles. The number of β-lactam (4-membered cyclic amide) rings is 1. The highest BCUT2D eigenvalue weighted by Crippen LogP contribution is 2.35. The van der Waals surface area contributed by atoms with E-state index in [1.807, 2.05) is 58.6 Å². The van der Waals surface area contributed by atoms with Crippen LogP contribution in [-0.4, -0.2) is 21.7 Å². The molecule has 0 spiro atoms. The summed E-state index contributed by atoms with van der Waals surface area (Å²) in [4.78, 5) is 34.0. The van der Waals surface area contributed by atoms with E-state index in [0.717, 1.165) is 11.1 Å². The van der Waals surface area contributed by atoms with Crippen LogP contribution in [0.4, 0.5) is 4.79 Å². The molecular weight excluding hydrogens is 345 g/mol. The second kappa shape index (κ2) is 8.18. The standard InChI is InChI=1S/C10H10NO2P.C8H7ClO/c12-9-6-8(11(9)10(13)14)7-4-2-1-3-5-7;1-6-2-4-7(5-3-6)8(9)10/h1-5,8H,6,14H2;2-5H,1H3. The predicted octanol–water partition coefficient (Wildman–Crippen LogP) is 4.33. The molecule has 124 valence electrons. The van der Waals surface area contributed by atoms with E-state index in [4.69, 9.17) is 11.6 Å². The van der Waals surface area contributed by atoms with E-state index in [2.05, 4.69) is 0 Å². The molecule has 1 heterocycles. The minimum Gasteiger partial charge on any atom is -0.276 e. The SMILES string of the molecule is Cc1ccc(C(=O)Cl)cc1.O=C(P)N1C(=O)CC1c1ccccc1. The molecule has 4 nitrogen and oxygen atoms in total. The second-order valence-corrected chi connectivity index (χ2v) is 6.21. The summed E-state index contributed by atoms with van der Waals surface area (Å²) in [6.07, 6.45) is 0.435. The van der Waals surface area contributed by atoms with Gasteiger partial charge in [-0.05, 0) is 45.5 Å². The van der Waals surface area contributed by atoms with Gasteiger partial charge in [-0.25, -0.2) is 0 Å². The average Bonchev–Trinajstić information content (AvgIpc) is 2.53. The first kappa shape index (κ1) is 18.3. The molecule has 0 aliphatic carbocycles. The molecule has 24 heavy (non-hydrogen) atoms. The summed E-state index contributed by atoms with van der Waals surface area (Å²) in [5.74, 6) is -0.0983. The Morgan fingerprint density at radius 3 is 2.12 bits per heavy atom. The van der Waals surface area contributed by atoms with Crippen LogP contribution in [0.5, 0.6) is 0 Å². The number of halogens is 1. The number of aryl methyl sites for hydroxylation is 1. The molecule has 2 unspecified atom stereocenters. The van der Waals surface area contributed by atoms with Gasteiger partial charge in [-0.2, -0.15) is 0 Å². The Labute approximate surface area is 148 Å². The van der Waals surface area contributed by atoms with Gasteiger partial charge in [0.15, 0.2) is 0 Å². The smallest absolute Gasteiger partial charge is 0.252 e. The fourth-order valence-corrected chi connectivity index (χ4v) is 2.77. The largest absolute Gasteiger partial charge is 0.276 e. The van der Waals surface area contributed by atoms with Crippen LogP contribution < -0.4 is 0 Å². The Morgan fingerprint density at radius 1 is 1.08 bits per heavy atom. The topological polar surface area (TPSA) is 54.5 Å². The van der Waals surface area contributed by atoms with E-state index in [9.17, 15) is 14.4 Å². The summed E-state index contributed by atoms with van der Waals surface area (Å²) in [5, 5.41) is -0.403. The molecule has 1 fully saturated rings. The van der Waals surface area contributed by atoms with Crippen molar-refractivity contribution in [3.8, 4) is 0 Å². The van der Waals surface area contributed by atoms with Crippen LogP contribution in [0, 0.1) is 6.92 Å². The lowest BCUT2D eigenvalue weighted by Gasteiger charge is -2.38. The number of hydrogen-bond donors (Lipinski definition) is 0. The van der Waals surface area contributed by atoms with E-state index >= 15 is 0 Å². The van der Waals surface area contributed by atoms with Crippen molar-refractivity contribution in [2.45, 2.75) is 19.4 Å². The van der Waals surface area contributed by atoms with E-state index in [1.54, 1.807) is 12.1 Å². The maximum Gasteiger partial charge on any atom is 0.252 e. The molecule has 2 aromatic rings. The van der Waals surface area contributed by atoms with E-state index in [0.29, 0.717) is 12.0 Å². The lowest BCUT2D eigenvalue weighted by atomic mass is 9.95. The predicted molar refractivity (Wildman–Crippen MR) is 97.1 cm³/mol. The zero-order valence-corrected chi connectivity index (χ0v) is 15.0. The fourth-order valence-electron chi connectivity index (χ4n) is 2.32. The molecule has 2 amide bonds. The number of hydrogen-bond acceptors (Lipinski definition) is 3. The van der Waals surface area contributed by atoms with Crippen LogP contribution in [-0.2, 0) is 4.79 Å². The van der Waals surface area contributed by atoms with Gasteiger partial charge in [-0.15, -0.1) is 0 Å². The molecule has 6 heteroatoms. The summed E-state index contributed by atoms with van der Waals surface area (Å²) < 4.78 is 0. The van der Waals surface area contributed by atoms with Crippen LogP contribution in [0.2, 0.25) is 0 Å². The molecule has 2 aromatic carbocycles. The number of benzene rings is 2. The Hall–Kier alpha value is -2.03. The Kier molecular flexibility index (Phi) is 6.24. The van der Waals surface area contributed by atoms with Crippen LogP contribution >= 0.6 is 20.8 Å². The number of likely N-dealkylation sites (tertiary alicyclic amines) is 1. The summed E-state index contributed by atoms with van der Waals surface area (Å²) in [5.41, 5.74) is 2.44. The first-order valence-corrected chi connectivity index (χ1v) is 8.28. The molecule has 0 saturated carbocycles. The number of nitrogens with zero attached hydrogens (tertiary/aromatic N) is 1. The van der Waals surface area contributed by atoms with Gasteiger partial charge in [0.2, 0.25) is 11.6 Å². The van der Waals surface area contributed by atoms with Crippen molar-refractivity contribution in [1.29, 1.82) is 0 Å². The summed E-state index contributed by atoms with van der Waals surface area (Å²) in [6, 6.07) is 16.7. The molecule has 0 aromatic heterocycles. The van der Waals surface area contributed by atoms with Crippen molar-refractivity contribution in [2.75, 3.05) is 0 Å². The third kappa shape index (κ3) is 4.50. The maximum atomic E-state index is 11.1. The summed E-state index contributed by atoms with van der Waals surface area (Å²) in [7, 11) is 2.03. The average molecular weight is 362 g/mol. The number of carbonyl (C=O) groups excluding carboxylic acids is 3. The molecule has 1 aliphatic rings. The van der Waals surface area contributed by atoms with Gasteiger partial charge < -0.3 is 0 Å². The Bertz CT molecular complexity index is 739. The van der Waals surface area contributed by atoms with Crippen molar-refractivity contribution >= 4 is 37.6 Å². The van der Waals surface area contributed by atoms with E-state index in [1.165, 1.54) is 4.90 Å². The molecular formula is C18H17ClNO3P. The van der Waals surface area contributed by atoms with Gasteiger partial charge >= 0.3 is 0 Å². The van der Waals surface area contributed by atoms with Crippen LogP contribution in [0.3, 0.4) is 0 Å². The maximum absolute atomic E-state index is 11.1. The minimum absolute atomic E-state index is 0.0614. The highest BCUT2D eigenvalue weighted by Gasteiger charge is 2.39. The summed E-state index contributed by atoms with van der Waals surface area (Å²) in [6.45, 7) is 1.96. The van der Waals surface area contributed by atoms with Crippen molar-refractivity contribution in [1.82, 2.24) is 4.90 Å². The molecule has 0 N–H and O–H groups in total. The normalized spacial score (nSPS) is 15.9. The van der Waals surface area contributed by atoms with Gasteiger partial charge in [0.1, 0.15) is 0 Å². The van der Waals surface area contributed by atoms with Gasteiger partial charge in [-0.1, -0.05) is 48.0 Å². The van der Waals surface area contributed by atoms with Crippen LogP contribution in [0.1, 0.15) is 33.9 Å². The molecule has 0 radical (unpaired) electrons. The van der Waals surface area contributed by atoms with Gasteiger partial charge in [0.25, 0.3) is 5.24 Å². The third-order valence-electron chi connectivity index (χ3n) is 3.65. The fraction of sp³-hybridized carbons (Fsp3) is 0.167. The number of amides is 2. The summed E-state index contributed by atoms with van der Waals surface area (Å²) >= 11 is 5.22. The zero-order chi connectivity index (χ0) is 17.7. The zero-order valence-electron chi connectivity index (χ0n) is 13.1. The quantitative estimate of drug-likeness (QED) is 0.454. The third-order valence-corrected chi connectivity index (χ3v) is 4.15. The molecule has 2 atom stereocenters. The lowest BCUT2D eigenvalue weighted by Crippen LogP contribution is -2.47. The number of carbonyl (C=O) groups is 3. The van der Waals surface area contributed by atoms with Crippen LogP contribution in [0.25, 0.3) is 0 Å². The molecule has 1 saturated heterocycles.